The summed E-state index contributed by atoms with van der Waals surface area (Å²) < 4.78 is 149. The van der Waals surface area contributed by atoms with Crippen molar-refractivity contribution in [2.24, 2.45) is 0 Å². The average Bonchev–Trinajstić information content (AvgIpc) is 3.86. The topological polar surface area (TPSA) is 26.3 Å². The van der Waals surface area contributed by atoms with Gasteiger partial charge in [0.2, 0.25) is 0 Å². The first-order chi connectivity index (χ1) is 29.1. The number of para-hydroxylation sites is 1. The van der Waals surface area contributed by atoms with Gasteiger partial charge in [-0.3, -0.25) is 0 Å². The van der Waals surface area contributed by atoms with Gasteiger partial charge in [0.1, 0.15) is 22.5 Å². The second-order valence-corrected chi connectivity index (χ2v) is 10.9. The van der Waals surface area contributed by atoms with Gasteiger partial charge in [0, 0.05) is 33.4 Å². The van der Waals surface area contributed by atoms with Crippen LogP contribution >= 0.6 is 0 Å². The van der Waals surface area contributed by atoms with E-state index in [2.05, 4.69) is 0 Å². The van der Waals surface area contributed by atoms with E-state index in [0.29, 0.717) is 38.6 Å². The molecule has 0 bridgehead atoms. The van der Waals surface area contributed by atoms with Crippen LogP contribution in [0.3, 0.4) is 0 Å². The highest BCUT2D eigenvalue weighted by Crippen LogP contribution is 2.50. The van der Waals surface area contributed by atoms with Crippen LogP contribution in [0.1, 0.15) is 20.6 Å². The average molecular weight is 602 g/mol. The van der Waals surface area contributed by atoms with Crippen molar-refractivity contribution in [2.75, 3.05) is 0 Å². The minimum absolute atomic E-state index is 0.0396. The van der Waals surface area contributed by atoms with Crippen molar-refractivity contribution in [3.05, 3.63) is 157 Å². The van der Waals surface area contributed by atoms with Crippen molar-refractivity contribution in [2.45, 2.75) is 0 Å². The molecule has 10 rings (SSSR count). The third-order valence-corrected chi connectivity index (χ3v) is 8.35. The minimum atomic E-state index is -0.759. The first-order valence-corrected chi connectivity index (χ1v) is 14.5. The fraction of sp³-hybridized carbons (Fsp3) is 0. The number of benzene rings is 8. The zero-order chi connectivity index (χ0) is 43.2. The number of hydrogen-bond donors (Lipinski definition) is 0. The Morgan fingerprint density at radius 3 is 1.83 bits per heavy atom. The van der Waals surface area contributed by atoms with E-state index in [9.17, 15) is 8.22 Å². The fourth-order valence-corrected chi connectivity index (χ4v) is 6.42. The Hall–Kier alpha value is -6.12. The van der Waals surface area contributed by atoms with Gasteiger partial charge in [-0.05, 0) is 67.2 Å². The number of hydrogen-bond acceptors (Lipinski definition) is 2. The van der Waals surface area contributed by atoms with Crippen molar-refractivity contribution in [3.63, 3.8) is 0 Å². The standard InChI is InChI=1S/C44H26O2/c1-2-13-28(14-3-1)38-25-36-39(46-38)26-40-43(35-20-10-11-21-37(35)45-40)44(36)42-33-18-8-6-16-31(33)41(32-17-7-9-19-34(32)42)30-23-22-27-12-4-5-15-29(27)24-30/h1-26H/i4D,5D,6D,7D,8D,9D,12D,15D,16D,17D,18D,19D,22D,23D,24D. The molecule has 8 aromatic carbocycles. The second kappa shape index (κ2) is 9.69. The van der Waals surface area contributed by atoms with Gasteiger partial charge in [-0.1, -0.05) is 133 Å². The lowest BCUT2D eigenvalue weighted by Crippen LogP contribution is -1.92. The predicted molar refractivity (Wildman–Crippen MR) is 192 cm³/mol. The van der Waals surface area contributed by atoms with Crippen LogP contribution in [0.25, 0.3) is 98.8 Å². The second-order valence-electron chi connectivity index (χ2n) is 10.9. The largest absolute Gasteiger partial charge is 0.456 e. The van der Waals surface area contributed by atoms with E-state index in [1.54, 1.807) is 36.4 Å². The lowest BCUT2D eigenvalue weighted by Gasteiger charge is -2.19. The molecule has 0 radical (unpaired) electrons. The Morgan fingerprint density at radius 2 is 1.07 bits per heavy atom. The highest BCUT2D eigenvalue weighted by molar-refractivity contribution is 6.30. The van der Waals surface area contributed by atoms with E-state index in [-0.39, 0.29) is 38.3 Å². The normalized spacial score (nSPS) is 16.5. The maximum atomic E-state index is 9.59. The first-order valence-electron chi connectivity index (χ1n) is 22.0. The van der Waals surface area contributed by atoms with Crippen LogP contribution < -0.4 is 0 Å². The van der Waals surface area contributed by atoms with Gasteiger partial charge < -0.3 is 8.83 Å². The molecule has 10 aromatic rings. The Bertz CT molecular complexity index is 3570. The third-order valence-electron chi connectivity index (χ3n) is 8.35. The van der Waals surface area contributed by atoms with Crippen molar-refractivity contribution < 1.29 is 29.4 Å². The zero-order valence-corrected chi connectivity index (χ0v) is 23.7. The molecular weight excluding hydrogens is 560 g/mol. The van der Waals surface area contributed by atoms with E-state index < -0.39 is 113 Å². The molecule has 2 heteroatoms. The van der Waals surface area contributed by atoms with E-state index in [4.69, 9.17) is 21.2 Å². The van der Waals surface area contributed by atoms with E-state index in [1.165, 1.54) is 0 Å². The summed E-state index contributed by atoms with van der Waals surface area (Å²) in [5.74, 6) is 0.421. The summed E-state index contributed by atoms with van der Waals surface area (Å²) >= 11 is 0. The van der Waals surface area contributed by atoms with Crippen molar-refractivity contribution >= 4 is 65.2 Å². The summed E-state index contributed by atoms with van der Waals surface area (Å²) in [6.45, 7) is 0. The molecule has 214 valence electrons. The molecule has 46 heavy (non-hydrogen) atoms. The summed E-state index contributed by atoms with van der Waals surface area (Å²) in [6.07, 6.45) is 0. The number of rotatable bonds is 3. The molecule has 2 aromatic heterocycles. The summed E-state index contributed by atoms with van der Waals surface area (Å²) in [6, 6.07) is 9.33. The SMILES string of the molecule is [2H]c1c([2H])c([2H])c2c([2H])c(-c3c4c([2H])c([2H])c([2H])c([2H])c4c(-c4c5cc(-c6ccccc6)oc5cc5oc6ccccc6c45)c4c([2H])c([2H])c([2H])c([2H])c34)c([2H])c([2H])c2c1[2H]. The molecule has 0 unspecified atom stereocenters. The maximum Gasteiger partial charge on any atom is 0.139 e. The molecular formula is C44H26O2. The van der Waals surface area contributed by atoms with Gasteiger partial charge in [-0.25, -0.2) is 0 Å². The Morgan fingerprint density at radius 1 is 0.413 bits per heavy atom. The maximum absolute atomic E-state index is 9.59. The van der Waals surface area contributed by atoms with Crippen molar-refractivity contribution in [3.8, 4) is 33.6 Å². The fourth-order valence-electron chi connectivity index (χ4n) is 6.42. The first kappa shape index (κ1) is 14.8. The van der Waals surface area contributed by atoms with Crippen LogP contribution in [-0.2, 0) is 0 Å². The molecule has 0 fully saturated rings. The van der Waals surface area contributed by atoms with Crippen LogP contribution in [0, 0.1) is 0 Å². The molecule has 2 nitrogen and oxygen atoms in total. The highest BCUT2D eigenvalue weighted by Gasteiger charge is 2.24. The van der Waals surface area contributed by atoms with Crippen LogP contribution in [0.5, 0.6) is 0 Å². The molecule has 0 amide bonds. The van der Waals surface area contributed by atoms with E-state index >= 15 is 0 Å². The van der Waals surface area contributed by atoms with Gasteiger partial charge >= 0.3 is 0 Å². The summed E-state index contributed by atoms with van der Waals surface area (Å²) in [7, 11) is 0. The molecule has 0 N–H and O–H groups in total. The van der Waals surface area contributed by atoms with Crippen LogP contribution in [0.2, 0.25) is 0 Å². The summed E-state index contributed by atoms with van der Waals surface area (Å²) in [4.78, 5) is 0. The van der Waals surface area contributed by atoms with Gasteiger partial charge in [0.25, 0.3) is 0 Å². The molecule has 0 saturated heterocycles. The lowest BCUT2D eigenvalue weighted by atomic mass is 9.83. The predicted octanol–water partition coefficient (Wildman–Crippen LogP) is 12.8. The quantitative estimate of drug-likeness (QED) is 0.188. The van der Waals surface area contributed by atoms with Crippen molar-refractivity contribution in [1.29, 1.82) is 0 Å². The van der Waals surface area contributed by atoms with Crippen LogP contribution in [-0.4, -0.2) is 0 Å². The Balaban J connectivity index is 1.55. The van der Waals surface area contributed by atoms with E-state index in [1.807, 2.05) is 30.3 Å². The van der Waals surface area contributed by atoms with Gasteiger partial charge in [-0.2, -0.15) is 0 Å². The monoisotopic (exact) mass is 601 g/mol. The number of fused-ring (bicyclic) bond motifs is 7. The molecule has 0 aliphatic rings. The van der Waals surface area contributed by atoms with Crippen molar-refractivity contribution in [1.82, 2.24) is 0 Å². The minimum Gasteiger partial charge on any atom is -0.456 e. The molecule has 2 heterocycles. The lowest BCUT2D eigenvalue weighted by molar-refractivity contribution is 0.628. The number of furan rings is 2. The smallest absolute Gasteiger partial charge is 0.139 e. The van der Waals surface area contributed by atoms with Gasteiger partial charge in [0.05, 0.1) is 20.6 Å². The summed E-state index contributed by atoms with van der Waals surface area (Å²) in [5.41, 5.74) is 1.03. The zero-order valence-electron chi connectivity index (χ0n) is 38.7. The van der Waals surface area contributed by atoms with Crippen LogP contribution in [0.4, 0.5) is 0 Å². The van der Waals surface area contributed by atoms with Gasteiger partial charge in [0.15, 0.2) is 0 Å². The third kappa shape index (κ3) is 3.65. The molecule has 0 spiro atoms. The Kier molecular flexibility index (Phi) is 3.11. The molecule has 0 atom stereocenters. The molecule has 0 aliphatic heterocycles. The molecule has 0 saturated carbocycles. The molecule has 0 aliphatic carbocycles. The van der Waals surface area contributed by atoms with E-state index in [0.717, 1.165) is 0 Å². The summed E-state index contributed by atoms with van der Waals surface area (Å²) in [5, 5.41) is -0.600. The Labute approximate surface area is 285 Å². The van der Waals surface area contributed by atoms with Crippen LogP contribution in [0.15, 0.2) is 166 Å². The highest BCUT2D eigenvalue weighted by atomic mass is 16.3. The van der Waals surface area contributed by atoms with Gasteiger partial charge in [-0.15, -0.1) is 0 Å².